The number of nitrogens with zero attached hydrogens (tertiary/aromatic N) is 2. The Morgan fingerprint density at radius 3 is 2.71 bits per heavy atom. The molecule has 0 radical (unpaired) electrons. The lowest BCUT2D eigenvalue weighted by Gasteiger charge is -2.10. The maximum atomic E-state index is 13.2. The average Bonchev–Trinajstić information content (AvgIpc) is 3.07. The summed E-state index contributed by atoms with van der Waals surface area (Å²) in [6, 6.07) is 12.9. The van der Waals surface area contributed by atoms with E-state index in [0.29, 0.717) is 28.9 Å². The van der Waals surface area contributed by atoms with Crippen LogP contribution in [0, 0.1) is 5.82 Å². The van der Waals surface area contributed by atoms with E-state index in [1.165, 1.54) is 12.1 Å². The molecular weight excluding hydrogens is 331 g/mol. The van der Waals surface area contributed by atoms with Crippen molar-refractivity contribution in [2.45, 2.75) is 13.0 Å². The van der Waals surface area contributed by atoms with E-state index in [9.17, 15) is 4.39 Å². The zero-order chi connectivity index (χ0) is 16.8. The molecular formula is C18H16ClFN2O2. The third-order valence-corrected chi connectivity index (χ3v) is 3.58. The first-order valence-electron chi connectivity index (χ1n) is 7.54. The molecule has 0 saturated heterocycles. The van der Waals surface area contributed by atoms with Gasteiger partial charge in [-0.25, -0.2) is 4.39 Å². The lowest BCUT2D eigenvalue weighted by molar-refractivity contribution is 0.298. The van der Waals surface area contributed by atoms with E-state index in [4.69, 9.17) is 21.1 Å². The number of hydrogen-bond acceptors (Lipinski definition) is 3. The minimum Gasteiger partial charge on any atom is -0.492 e. The van der Waals surface area contributed by atoms with Crippen LogP contribution >= 0.6 is 11.6 Å². The summed E-state index contributed by atoms with van der Waals surface area (Å²) in [4.78, 5) is 0. The first kappa shape index (κ1) is 16.3. The van der Waals surface area contributed by atoms with Gasteiger partial charge in [0.2, 0.25) is 0 Å². The molecule has 0 N–H and O–H groups in total. The molecule has 0 spiro atoms. The van der Waals surface area contributed by atoms with Gasteiger partial charge in [0.25, 0.3) is 0 Å². The second kappa shape index (κ2) is 7.84. The van der Waals surface area contributed by atoms with Gasteiger partial charge in [0.15, 0.2) is 0 Å². The Hall–Kier alpha value is -2.53. The maximum Gasteiger partial charge on any atom is 0.138 e. The van der Waals surface area contributed by atoms with Crippen molar-refractivity contribution in [3.8, 4) is 17.2 Å². The molecule has 0 saturated carbocycles. The zero-order valence-corrected chi connectivity index (χ0v) is 13.6. The van der Waals surface area contributed by atoms with Gasteiger partial charge in [-0.05, 0) is 30.3 Å². The van der Waals surface area contributed by atoms with Crippen molar-refractivity contribution in [2.75, 3.05) is 6.61 Å². The predicted octanol–water partition coefficient (Wildman–Crippen LogP) is 4.94. The number of benzene rings is 2. The summed E-state index contributed by atoms with van der Waals surface area (Å²) in [5.74, 6) is 1.17. The predicted molar refractivity (Wildman–Crippen MR) is 90.3 cm³/mol. The van der Waals surface area contributed by atoms with Gasteiger partial charge in [-0.1, -0.05) is 17.7 Å². The van der Waals surface area contributed by atoms with Crippen LogP contribution in [0.1, 0.15) is 6.42 Å². The van der Waals surface area contributed by atoms with Gasteiger partial charge in [0, 0.05) is 37.5 Å². The monoisotopic (exact) mass is 346 g/mol. The van der Waals surface area contributed by atoms with E-state index in [0.717, 1.165) is 13.0 Å². The largest absolute Gasteiger partial charge is 0.492 e. The number of hydrogen-bond donors (Lipinski definition) is 0. The van der Waals surface area contributed by atoms with Crippen LogP contribution in [0.3, 0.4) is 0 Å². The van der Waals surface area contributed by atoms with E-state index in [1.54, 1.807) is 36.5 Å². The van der Waals surface area contributed by atoms with Gasteiger partial charge in [-0.15, -0.1) is 0 Å². The minimum atomic E-state index is -0.351. The number of rotatable bonds is 7. The molecule has 0 bridgehead atoms. The fraction of sp³-hybridized carbons (Fsp3) is 0.167. The van der Waals surface area contributed by atoms with Crippen LogP contribution in [0.5, 0.6) is 17.2 Å². The molecule has 1 aromatic heterocycles. The maximum absolute atomic E-state index is 13.2. The van der Waals surface area contributed by atoms with Crippen molar-refractivity contribution in [1.29, 1.82) is 0 Å². The summed E-state index contributed by atoms with van der Waals surface area (Å²) < 4.78 is 26.3. The molecule has 0 unspecified atom stereocenters. The van der Waals surface area contributed by atoms with Crippen LogP contribution in [0.2, 0.25) is 5.02 Å². The summed E-state index contributed by atoms with van der Waals surface area (Å²) in [5.41, 5.74) is 0. The molecule has 124 valence electrons. The van der Waals surface area contributed by atoms with Crippen molar-refractivity contribution in [2.24, 2.45) is 0 Å². The van der Waals surface area contributed by atoms with E-state index >= 15 is 0 Å². The van der Waals surface area contributed by atoms with Crippen molar-refractivity contribution in [3.63, 3.8) is 0 Å². The SMILES string of the molecule is Fc1cccc(Oc2ccc(OCCCn3cccn3)c(Cl)c2)c1. The molecule has 3 aromatic rings. The van der Waals surface area contributed by atoms with E-state index in [-0.39, 0.29) is 5.82 Å². The Bertz CT molecular complexity index is 793. The molecule has 0 aliphatic carbocycles. The van der Waals surface area contributed by atoms with Gasteiger partial charge in [-0.3, -0.25) is 4.68 Å². The highest BCUT2D eigenvalue weighted by Crippen LogP contribution is 2.31. The van der Waals surface area contributed by atoms with Crippen LogP contribution < -0.4 is 9.47 Å². The smallest absolute Gasteiger partial charge is 0.138 e. The van der Waals surface area contributed by atoms with Gasteiger partial charge in [0.1, 0.15) is 23.1 Å². The third kappa shape index (κ3) is 4.49. The van der Waals surface area contributed by atoms with Crippen molar-refractivity contribution < 1.29 is 13.9 Å². The second-order valence-electron chi connectivity index (χ2n) is 5.12. The van der Waals surface area contributed by atoms with Gasteiger partial charge in [-0.2, -0.15) is 5.10 Å². The summed E-state index contributed by atoms with van der Waals surface area (Å²) in [6.45, 7) is 1.31. The lowest BCUT2D eigenvalue weighted by Crippen LogP contribution is -2.05. The summed E-state index contributed by atoms with van der Waals surface area (Å²) in [6.07, 6.45) is 4.47. The topological polar surface area (TPSA) is 36.3 Å². The fourth-order valence-corrected chi connectivity index (χ4v) is 2.40. The molecule has 0 aliphatic heterocycles. The normalized spacial score (nSPS) is 10.6. The fourth-order valence-electron chi connectivity index (χ4n) is 2.17. The van der Waals surface area contributed by atoms with Crippen molar-refractivity contribution >= 4 is 11.6 Å². The summed E-state index contributed by atoms with van der Waals surface area (Å²) in [5, 5.41) is 4.58. The second-order valence-corrected chi connectivity index (χ2v) is 5.53. The van der Waals surface area contributed by atoms with Gasteiger partial charge < -0.3 is 9.47 Å². The first-order valence-corrected chi connectivity index (χ1v) is 7.92. The lowest BCUT2D eigenvalue weighted by atomic mass is 10.3. The van der Waals surface area contributed by atoms with Crippen LogP contribution in [-0.4, -0.2) is 16.4 Å². The van der Waals surface area contributed by atoms with Crippen LogP contribution in [-0.2, 0) is 6.54 Å². The highest BCUT2D eigenvalue weighted by Gasteiger charge is 2.06. The molecule has 1 heterocycles. The number of ether oxygens (including phenoxy) is 2. The van der Waals surface area contributed by atoms with Gasteiger partial charge >= 0.3 is 0 Å². The molecule has 2 aromatic carbocycles. The first-order chi connectivity index (χ1) is 11.7. The molecule has 24 heavy (non-hydrogen) atoms. The van der Waals surface area contributed by atoms with Crippen LogP contribution in [0.25, 0.3) is 0 Å². The highest BCUT2D eigenvalue weighted by molar-refractivity contribution is 6.32. The molecule has 0 atom stereocenters. The van der Waals surface area contributed by atoms with Crippen molar-refractivity contribution in [3.05, 3.63) is 71.8 Å². The Morgan fingerprint density at radius 1 is 1.08 bits per heavy atom. The highest BCUT2D eigenvalue weighted by atomic mass is 35.5. The Kier molecular flexibility index (Phi) is 5.33. The van der Waals surface area contributed by atoms with Crippen LogP contribution in [0.4, 0.5) is 4.39 Å². The molecule has 3 rings (SSSR count). The third-order valence-electron chi connectivity index (χ3n) is 3.28. The van der Waals surface area contributed by atoms with Gasteiger partial charge in [0.05, 0.1) is 11.6 Å². The molecule has 0 aliphatic rings. The minimum absolute atomic E-state index is 0.351. The summed E-state index contributed by atoms with van der Waals surface area (Å²) in [7, 11) is 0. The Morgan fingerprint density at radius 2 is 1.96 bits per heavy atom. The standard InChI is InChI=1S/C18H16ClFN2O2/c19-17-13-16(24-15-5-1-4-14(20)12-15)6-7-18(17)23-11-3-10-22-9-2-8-21-22/h1-2,4-9,12-13H,3,10-11H2. The summed E-state index contributed by atoms with van der Waals surface area (Å²) >= 11 is 6.21. The van der Waals surface area contributed by atoms with Crippen molar-refractivity contribution in [1.82, 2.24) is 9.78 Å². The van der Waals surface area contributed by atoms with E-state index in [1.807, 2.05) is 16.9 Å². The average molecular weight is 347 g/mol. The molecule has 6 heteroatoms. The number of aromatic nitrogens is 2. The number of halogens is 2. The quantitative estimate of drug-likeness (QED) is 0.569. The number of aryl methyl sites for hydroxylation is 1. The molecule has 0 fully saturated rings. The Labute approximate surface area is 144 Å². The Balaban J connectivity index is 1.54. The molecule has 4 nitrogen and oxygen atoms in total. The van der Waals surface area contributed by atoms with Crippen LogP contribution in [0.15, 0.2) is 60.9 Å². The molecule has 0 amide bonds. The van der Waals surface area contributed by atoms with E-state index in [2.05, 4.69) is 5.10 Å². The van der Waals surface area contributed by atoms with E-state index < -0.39 is 0 Å². The zero-order valence-electron chi connectivity index (χ0n) is 12.9.